The molecule has 8 nitrogen and oxygen atoms in total. The highest BCUT2D eigenvalue weighted by Crippen LogP contribution is 2.29. The van der Waals surface area contributed by atoms with E-state index in [9.17, 15) is 15.0 Å². The first kappa shape index (κ1) is 18.8. The lowest BCUT2D eigenvalue weighted by atomic mass is 10.1. The summed E-state index contributed by atoms with van der Waals surface area (Å²) < 4.78 is 0.710. The molecule has 28 heavy (non-hydrogen) atoms. The van der Waals surface area contributed by atoms with Gasteiger partial charge in [-0.15, -0.1) is 4.73 Å². The first-order chi connectivity index (χ1) is 13.5. The minimum absolute atomic E-state index is 0.328. The summed E-state index contributed by atoms with van der Waals surface area (Å²) in [5.74, 6) is -0.656. The van der Waals surface area contributed by atoms with Crippen molar-refractivity contribution in [3.05, 3.63) is 40.9 Å². The summed E-state index contributed by atoms with van der Waals surface area (Å²) in [5.41, 5.74) is 2.43. The Labute approximate surface area is 168 Å². The Morgan fingerprint density at radius 1 is 1.00 bits per heavy atom. The molecule has 9 heteroatoms. The SMILES string of the molecule is O=C(On1c(O)ccc1O)N1CCN(Cc2ccc(Cl)cc2N2CCC2)CC1. The van der Waals surface area contributed by atoms with Crippen LogP contribution in [0.25, 0.3) is 0 Å². The largest absolute Gasteiger partial charge is 0.492 e. The molecule has 2 saturated heterocycles. The van der Waals surface area contributed by atoms with E-state index in [4.69, 9.17) is 16.4 Å². The van der Waals surface area contributed by atoms with Gasteiger partial charge in [0.15, 0.2) is 0 Å². The summed E-state index contributed by atoms with van der Waals surface area (Å²) in [6.07, 6.45) is 0.605. The second kappa shape index (κ2) is 7.81. The number of halogens is 1. The van der Waals surface area contributed by atoms with Crippen molar-refractivity contribution in [3.63, 3.8) is 0 Å². The highest BCUT2D eigenvalue weighted by molar-refractivity contribution is 6.30. The van der Waals surface area contributed by atoms with E-state index in [2.05, 4.69) is 15.9 Å². The number of nitrogens with zero attached hydrogens (tertiary/aromatic N) is 4. The number of carbonyl (C=O) groups is 1. The number of hydrogen-bond acceptors (Lipinski definition) is 6. The number of anilines is 1. The fraction of sp³-hybridized carbons (Fsp3) is 0.421. The van der Waals surface area contributed by atoms with E-state index >= 15 is 0 Å². The van der Waals surface area contributed by atoms with Crippen molar-refractivity contribution in [3.8, 4) is 11.8 Å². The molecule has 3 heterocycles. The van der Waals surface area contributed by atoms with Crippen LogP contribution >= 0.6 is 11.6 Å². The number of aromatic hydroxyl groups is 2. The predicted molar refractivity (Wildman–Crippen MR) is 105 cm³/mol. The van der Waals surface area contributed by atoms with Gasteiger partial charge in [-0.25, -0.2) is 4.79 Å². The molecule has 0 spiro atoms. The monoisotopic (exact) mass is 406 g/mol. The first-order valence-corrected chi connectivity index (χ1v) is 9.72. The third-order valence-electron chi connectivity index (χ3n) is 5.24. The van der Waals surface area contributed by atoms with E-state index in [1.165, 1.54) is 29.8 Å². The van der Waals surface area contributed by atoms with E-state index in [0.717, 1.165) is 24.7 Å². The van der Waals surface area contributed by atoms with Crippen LogP contribution < -0.4 is 9.74 Å². The lowest BCUT2D eigenvalue weighted by Gasteiger charge is -2.37. The van der Waals surface area contributed by atoms with Gasteiger partial charge in [0.25, 0.3) is 0 Å². The van der Waals surface area contributed by atoms with Crippen molar-refractivity contribution in [1.29, 1.82) is 0 Å². The maximum absolute atomic E-state index is 12.3. The molecule has 1 aromatic heterocycles. The molecule has 2 fully saturated rings. The van der Waals surface area contributed by atoms with Crippen LogP contribution in [0.1, 0.15) is 12.0 Å². The molecule has 2 aromatic rings. The molecule has 0 saturated carbocycles. The summed E-state index contributed by atoms with van der Waals surface area (Å²) in [6, 6.07) is 8.53. The smallest absolute Gasteiger partial charge is 0.434 e. The number of piperazine rings is 1. The molecule has 1 amide bonds. The van der Waals surface area contributed by atoms with Gasteiger partial charge >= 0.3 is 6.09 Å². The van der Waals surface area contributed by atoms with E-state index in [-0.39, 0.29) is 11.8 Å². The molecule has 4 rings (SSSR count). The maximum atomic E-state index is 12.3. The number of amides is 1. The van der Waals surface area contributed by atoms with Crippen LogP contribution in [0.3, 0.4) is 0 Å². The predicted octanol–water partition coefficient (Wildman–Crippen LogP) is 2.13. The van der Waals surface area contributed by atoms with Crippen LogP contribution in [0, 0.1) is 0 Å². The Bertz CT molecular complexity index is 840. The van der Waals surface area contributed by atoms with Crippen LogP contribution in [0.15, 0.2) is 30.3 Å². The highest BCUT2D eigenvalue weighted by atomic mass is 35.5. The Hall–Kier alpha value is -2.58. The lowest BCUT2D eigenvalue weighted by molar-refractivity contribution is 0.0555. The van der Waals surface area contributed by atoms with Gasteiger partial charge in [0.05, 0.1) is 0 Å². The molecule has 0 aliphatic carbocycles. The molecule has 0 unspecified atom stereocenters. The zero-order valence-corrected chi connectivity index (χ0v) is 16.2. The van der Waals surface area contributed by atoms with Gasteiger partial charge in [0.2, 0.25) is 11.8 Å². The van der Waals surface area contributed by atoms with Gasteiger partial charge in [-0.05, 0) is 24.1 Å². The lowest BCUT2D eigenvalue weighted by Crippen LogP contribution is -2.50. The topological polar surface area (TPSA) is 81.4 Å². The van der Waals surface area contributed by atoms with Gasteiger partial charge in [-0.1, -0.05) is 17.7 Å². The number of carbonyl (C=O) groups excluding carboxylic acids is 1. The van der Waals surface area contributed by atoms with Crippen molar-refractivity contribution in [2.75, 3.05) is 44.2 Å². The number of rotatable bonds is 4. The second-order valence-corrected chi connectivity index (χ2v) is 7.51. The van der Waals surface area contributed by atoms with Crippen LogP contribution in [-0.4, -0.2) is 70.1 Å². The van der Waals surface area contributed by atoms with E-state index < -0.39 is 6.09 Å². The third-order valence-corrected chi connectivity index (χ3v) is 5.47. The zero-order chi connectivity index (χ0) is 19.7. The molecule has 2 aliphatic rings. The zero-order valence-electron chi connectivity index (χ0n) is 15.4. The molecule has 0 bridgehead atoms. The van der Waals surface area contributed by atoms with Gasteiger partial charge in [0.1, 0.15) is 0 Å². The van der Waals surface area contributed by atoms with E-state index in [1.54, 1.807) is 4.90 Å². The third kappa shape index (κ3) is 3.83. The molecule has 2 N–H and O–H groups in total. The summed E-state index contributed by atoms with van der Waals surface area (Å²) in [6.45, 7) is 5.35. The number of aromatic nitrogens is 1. The maximum Gasteiger partial charge on any atom is 0.434 e. The average molecular weight is 407 g/mol. The Kier molecular flexibility index (Phi) is 5.23. The molecule has 0 atom stereocenters. The summed E-state index contributed by atoms with van der Waals surface area (Å²) in [5, 5.41) is 19.9. The van der Waals surface area contributed by atoms with Crippen molar-refractivity contribution in [2.24, 2.45) is 0 Å². The fourth-order valence-electron chi connectivity index (χ4n) is 3.48. The van der Waals surface area contributed by atoms with Crippen molar-refractivity contribution in [1.82, 2.24) is 14.5 Å². The molecular weight excluding hydrogens is 384 g/mol. The Morgan fingerprint density at radius 2 is 1.68 bits per heavy atom. The summed E-state index contributed by atoms with van der Waals surface area (Å²) >= 11 is 6.18. The normalized spacial score (nSPS) is 17.5. The minimum Gasteiger partial charge on any atom is -0.492 e. The van der Waals surface area contributed by atoms with E-state index in [0.29, 0.717) is 30.9 Å². The molecule has 2 aliphatic heterocycles. The minimum atomic E-state index is -0.603. The standard InChI is InChI=1S/C19H23ClN4O4/c20-15-3-2-14(16(12-15)22-6-1-7-22)13-21-8-10-23(11-9-21)19(27)28-24-17(25)4-5-18(24)26/h2-5,12,25-26H,1,6-11,13H2. The van der Waals surface area contributed by atoms with Crippen LogP contribution in [0.2, 0.25) is 5.02 Å². The van der Waals surface area contributed by atoms with Crippen molar-refractivity contribution >= 4 is 23.4 Å². The Morgan fingerprint density at radius 3 is 2.29 bits per heavy atom. The first-order valence-electron chi connectivity index (χ1n) is 9.34. The Balaban J connectivity index is 1.34. The van der Waals surface area contributed by atoms with Crippen molar-refractivity contribution in [2.45, 2.75) is 13.0 Å². The van der Waals surface area contributed by atoms with Gasteiger partial charge in [-0.2, -0.15) is 0 Å². The van der Waals surface area contributed by atoms with Crippen molar-refractivity contribution < 1.29 is 19.8 Å². The molecule has 1 aromatic carbocycles. The van der Waals surface area contributed by atoms with Crippen LogP contribution in [0.4, 0.5) is 10.5 Å². The summed E-state index contributed by atoms with van der Waals surface area (Å²) in [4.78, 5) is 23.5. The second-order valence-electron chi connectivity index (χ2n) is 7.08. The number of benzene rings is 1. The average Bonchev–Trinajstić information content (AvgIpc) is 2.95. The molecular formula is C19H23ClN4O4. The van der Waals surface area contributed by atoms with E-state index in [1.807, 2.05) is 12.1 Å². The van der Waals surface area contributed by atoms with Gasteiger partial charge in [-0.3, -0.25) is 4.90 Å². The molecule has 150 valence electrons. The summed E-state index contributed by atoms with van der Waals surface area (Å²) in [7, 11) is 0. The van der Waals surface area contributed by atoms with Crippen LogP contribution in [-0.2, 0) is 6.54 Å². The highest BCUT2D eigenvalue weighted by Gasteiger charge is 2.25. The van der Waals surface area contributed by atoms with Gasteiger partial charge in [0, 0.05) is 68.7 Å². The molecule has 0 radical (unpaired) electrons. The number of hydrogen-bond donors (Lipinski definition) is 2. The van der Waals surface area contributed by atoms with Crippen LogP contribution in [0.5, 0.6) is 11.8 Å². The fourth-order valence-corrected chi connectivity index (χ4v) is 3.65. The quantitative estimate of drug-likeness (QED) is 0.809. The van der Waals surface area contributed by atoms with Gasteiger partial charge < -0.3 is 24.9 Å².